The normalized spacial score (nSPS) is 15.2. The molecule has 1 aliphatic heterocycles. The zero-order valence-electron chi connectivity index (χ0n) is 17.0. The number of fused-ring (bicyclic) bond motifs is 1. The van der Waals surface area contributed by atoms with Crippen molar-refractivity contribution in [3.05, 3.63) is 59.9 Å². The molecule has 0 saturated carbocycles. The lowest BCUT2D eigenvalue weighted by Crippen LogP contribution is -2.41. The summed E-state index contributed by atoms with van der Waals surface area (Å²) in [6.07, 6.45) is 1.07. The number of likely N-dealkylation sites (tertiary alicyclic amines) is 1. The van der Waals surface area contributed by atoms with E-state index < -0.39 is 10.0 Å². The lowest BCUT2D eigenvalue weighted by Gasteiger charge is -2.31. The predicted octanol–water partition coefficient (Wildman–Crippen LogP) is 2.88. The van der Waals surface area contributed by atoms with Gasteiger partial charge in [-0.15, -0.1) is 0 Å². The summed E-state index contributed by atoms with van der Waals surface area (Å²) in [4.78, 5) is 27.2. The van der Waals surface area contributed by atoms with Crippen LogP contribution >= 0.6 is 0 Å². The second-order valence-electron chi connectivity index (χ2n) is 7.68. The number of aryl methyl sites for hydroxylation is 1. The number of piperidine rings is 1. The zero-order chi connectivity index (χ0) is 22.2. The number of nitrogens with two attached hydrogens (primary N) is 1. The van der Waals surface area contributed by atoms with Gasteiger partial charge in [-0.25, -0.2) is 13.6 Å². The van der Waals surface area contributed by atoms with E-state index in [0.717, 1.165) is 10.9 Å². The predicted molar refractivity (Wildman–Crippen MR) is 116 cm³/mol. The number of hydrogen-bond donors (Lipinski definition) is 2. The molecule has 0 radical (unpaired) electrons. The van der Waals surface area contributed by atoms with Crippen LogP contribution in [0.3, 0.4) is 0 Å². The highest BCUT2D eigenvalue weighted by Crippen LogP contribution is 2.28. The SMILES string of the molecule is Cc1c(C(=O)N2CCC(C(=O)Nc3ccc(S(N)(=O)=O)cc3)CC2)oc2ccccc12. The topological polar surface area (TPSA) is 123 Å². The minimum atomic E-state index is -3.78. The van der Waals surface area contributed by atoms with Crippen LogP contribution < -0.4 is 10.5 Å². The minimum absolute atomic E-state index is 0.0156. The fraction of sp³-hybridized carbons (Fsp3) is 0.273. The largest absolute Gasteiger partial charge is 0.451 e. The molecule has 9 heteroatoms. The number of furan rings is 1. The Morgan fingerprint density at radius 3 is 2.32 bits per heavy atom. The Morgan fingerprint density at radius 2 is 1.71 bits per heavy atom. The number of nitrogens with one attached hydrogen (secondary N) is 1. The minimum Gasteiger partial charge on any atom is -0.451 e. The van der Waals surface area contributed by atoms with Gasteiger partial charge in [-0.3, -0.25) is 9.59 Å². The highest BCUT2D eigenvalue weighted by atomic mass is 32.2. The van der Waals surface area contributed by atoms with Crippen molar-refractivity contribution in [1.82, 2.24) is 4.90 Å². The van der Waals surface area contributed by atoms with Crippen LogP contribution in [0, 0.1) is 12.8 Å². The third-order valence-electron chi connectivity index (χ3n) is 5.64. The summed E-state index contributed by atoms with van der Waals surface area (Å²) in [6.45, 7) is 2.79. The second kappa shape index (κ2) is 8.16. The molecular formula is C22H23N3O5S. The maximum absolute atomic E-state index is 12.9. The maximum Gasteiger partial charge on any atom is 0.289 e. The van der Waals surface area contributed by atoms with Gasteiger partial charge in [0.25, 0.3) is 5.91 Å². The Bertz CT molecular complexity index is 1240. The first kappa shape index (κ1) is 21.1. The Balaban J connectivity index is 1.37. The fourth-order valence-corrected chi connectivity index (χ4v) is 4.35. The van der Waals surface area contributed by atoms with Gasteiger partial charge in [0.15, 0.2) is 5.76 Å². The van der Waals surface area contributed by atoms with Gasteiger partial charge in [0.05, 0.1) is 4.90 Å². The summed E-state index contributed by atoms with van der Waals surface area (Å²) in [7, 11) is -3.78. The van der Waals surface area contributed by atoms with E-state index in [9.17, 15) is 18.0 Å². The van der Waals surface area contributed by atoms with E-state index in [1.807, 2.05) is 31.2 Å². The van der Waals surface area contributed by atoms with Gasteiger partial charge in [-0.1, -0.05) is 18.2 Å². The summed E-state index contributed by atoms with van der Waals surface area (Å²) < 4.78 is 28.4. The molecule has 0 atom stereocenters. The summed E-state index contributed by atoms with van der Waals surface area (Å²) in [5, 5.41) is 8.80. The number of carbonyl (C=O) groups is 2. The molecule has 4 rings (SSSR count). The van der Waals surface area contributed by atoms with Crippen molar-refractivity contribution in [3.63, 3.8) is 0 Å². The second-order valence-corrected chi connectivity index (χ2v) is 9.24. The van der Waals surface area contributed by atoms with Crippen LogP contribution in [0.4, 0.5) is 5.69 Å². The van der Waals surface area contributed by atoms with Gasteiger partial charge >= 0.3 is 0 Å². The summed E-state index contributed by atoms with van der Waals surface area (Å²) in [5.74, 6) is -0.209. The van der Waals surface area contributed by atoms with E-state index in [4.69, 9.17) is 9.56 Å². The summed E-state index contributed by atoms with van der Waals surface area (Å²) >= 11 is 0. The molecule has 3 aromatic rings. The van der Waals surface area contributed by atoms with Crippen molar-refractivity contribution >= 4 is 38.5 Å². The van der Waals surface area contributed by atoms with Gasteiger partial charge in [0.1, 0.15) is 5.58 Å². The number of para-hydroxylation sites is 1. The molecule has 1 aromatic heterocycles. The smallest absolute Gasteiger partial charge is 0.289 e. The van der Waals surface area contributed by atoms with E-state index >= 15 is 0 Å². The Hall–Kier alpha value is -3.17. The number of anilines is 1. The van der Waals surface area contributed by atoms with Crippen LogP contribution in [0.25, 0.3) is 11.0 Å². The average molecular weight is 442 g/mol. The van der Waals surface area contributed by atoms with Gasteiger partial charge in [-0.2, -0.15) is 0 Å². The molecule has 162 valence electrons. The number of primary sulfonamides is 1. The Labute approximate surface area is 180 Å². The van der Waals surface area contributed by atoms with Gasteiger partial charge in [0, 0.05) is 35.6 Å². The molecule has 2 amide bonds. The number of carbonyl (C=O) groups excluding carboxylic acids is 2. The molecular weight excluding hydrogens is 418 g/mol. The van der Waals surface area contributed by atoms with Crippen molar-refractivity contribution in [2.24, 2.45) is 11.1 Å². The number of hydrogen-bond acceptors (Lipinski definition) is 5. The quantitative estimate of drug-likeness (QED) is 0.644. The van der Waals surface area contributed by atoms with Crippen molar-refractivity contribution in [2.45, 2.75) is 24.7 Å². The van der Waals surface area contributed by atoms with Crippen LogP contribution in [0.15, 0.2) is 57.8 Å². The van der Waals surface area contributed by atoms with E-state index in [2.05, 4.69) is 5.32 Å². The zero-order valence-corrected chi connectivity index (χ0v) is 17.8. The highest BCUT2D eigenvalue weighted by Gasteiger charge is 2.30. The first-order valence-electron chi connectivity index (χ1n) is 9.95. The van der Waals surface area contributed by atoms with Crippen LogP contribution in [0.5, 0.6) is 0 Å². The highest BCUT2D eigenvalue weighted by molar-refractivity contribution is 7.89. The van der Waals surface area contributed by atoms with E-state index in [0.29, 0.717) is 43.0 Å². The van der Waals surface area contributed by atoms with Crippen molar-refractivity contribution in [2.75, 3.05) is 18.4 Å². The van der Waals surface area contributed by atoms with Crippen molar-refractivity contribution in [1.29, 1.82) is 0 Å². The molecule has 0 aliphatic carbocycles. The monoisotopic (exact) mass is 441 g/mol. The Morgan fingerprint density at radius 1 is 1.06 bits per heavy atom. The van der Waals surface area contributed by atoms with Crippen LogP contribution in [0.2, 0.25) is 0 Å². The third-order valence-corrected chi connectivity index (χ3v) is 6.57. The van der Waals surface area contributed by atoms with Crippen LogP contribution in [-0.4, -0.2) is 38.2 Å². The molecule has 8 nitrogen and oxygen atoms in total. The number of nitrogens with zero attached hydrogens (tertiary/aromatic N) is 1. The molecule has 3 N–H and O–H groups in total. The molecule has 1 aliphatic rings. The first-order valence-corrected chi connectivity index (χ1v) is 11.5. The Kier molecular flexibility index (Phi) is 5.55. The lowest BCUT2D eigenvalue weighted by molar-refractivity contribution is -0.121. The standard InChI is InChI=1S/C22H23N3O5S/c1-14-18-4-2-3-5-19(18)30-20(14)22(27)25-12-10-15(11-13-25)21(26)24-16-6-8-17(9-7-16)31(23,28)29/h2-9,15H,10-13H2,1H3,(H,24,26)(H2,23,28,29). The summed E-state index contributed by atoms with van der Waals surface area (Å²) in [6, 6.07) is 13.2. The lowest BCUT2D eigenvalue weighted by atomic mass is 9.95. The van der Waals surface area contributed by atoms with Gasteiger partial charge in [0.2, 0.25) is 15.9 Å². The molecule has 2 heterocycles. The molecule has 31 heavy (non-hydrogen) atoms. The summed E-state index contributed by atoms with van der Waals surface area (Å²) in [5.41, 5.74) is 2.00. The van der Waals surface area contributed by atoms with Crippen molar-refractivity contribution < 1.29 is 22.4 Å². The first-order chi connectivity index (χ1) is 14.7. The van der Waals surface area contributed by atoms with E-state index in [-0.39, 0.29) is 22.6 Å². The van der Waals surface area contributed by atoms with Crippen LogP contribution in [-0.2, 0) is 14.8 Å². The molecule has 0 spiro atoms. The van der Waals surface area contributed by atoms with Crippen molar-refractivity contribution in [3.8, 4) is 0 Å². The molecule has 0 unspecified atom stereocenters. The van der Waals surface area contributed by atoms with Crippen LogP contribution in [0.1, 0.15) is 29.0 Å². The number of rotatable bonds is 4. The number of amides is 2. The maximum atomic E-state index is 12.9. The molecule has 2 aromatic carbocycles. The number of sulfonamides is 1. The number of benzene rings is 2. The van der Waals surface area contributed by atoms with E-state index in [1.165, 1.54) is 24.3 Å². The van der Waals surface area contributed by atoms with Gasteiger partial charge in [-0.05, 0) is 50.1 Å². The van der Waals surface area contributed by atoms with Gasteiger partial charge < -0.3 is 14.6 Å². The molecule has 1 saturated heterocycles. The fourth-order valence-electron chi connectivity index (χ4n) is 3.84. The third kappa shape index (κ3) is 4.33. The van der Waals surface area contributed by atoms with E-state index in [1.54, 1.807) is 4.90 Å². The molecule has 1 fully saturated rings. The average Bonchev–Trinajstić information content (AvgIpc) is 3.10. The molecule has 0 bridgehead atoms.